The van der Waals surface area contributed by atoms with Crippen molar-refractivity contribution >= 4 is 17.3 Å². The largest absolute Gasteiger partial charge is 0.367 e. The average molecular weight is 266 g/mol. The minimum absolute atomic E-state index is 0.329. The summed E-state index contributed by atoms with van der Waals surface area (Å²) < 4.78 is 0. The first kappa shape index (κ1) is 14.8. The Kier molecular flexibility index (Phi) is 5.46. The van der Waals surface area contributed by atoms with Crippen LogP contribution in [0.15, 0.2) is 18.2 Å². The van der Waals surface area contributed by atoms with Crippen molar-refractivity contribution in [2.24, 2.45) is 0 Å². The number of nitriles is 1. The van der Waals surface area contributed by atoms with E-state index < -0.39 is 0 Å². The second-order valence-electron chi connectivity index (χ2n) is 4.67. The highest BCUT2D eigenvalue weighted by Gasteiger charge is 2.17. The van der Waals surface area contributed by atoms with Gasteiger partial charge < -0.3 is 9.80 Å². The van der Waals surface area contributed by atoms with E-state index in [-0.39, 0.29) is 0 Å². The second-order valence-corrected chi connectivity index (χ2v) is 5.11. The number of hydrogen-bond acceptors (Lipinski definition) is 3. The van der Waals surface area contributed by atoms with Gasteiger partial charge in [0, 0.05) is 24.2 Å². The molecule has 4 heteroatoms. The van der Waals surface area contributed by atoms with E-state index in [1.807, 2.05) is 20.2 Å². The molecule has 0 amide bonds. The molecule has 1 rings (SSSR count). The van der Waals surface area contributed by atoms with Gasteiger partial charge in [0.25, 0.3) is 0 Å². The predicted octanol–water partition coefficient (Wildman–Crippen LogP) is 2.99. The Morgan fingerprint density at radius 2 is 2.06 bits per heavy atom. The zero-order chi connectivity index (χ0) is 13.7. The van der Waals surface area contributed by atoms with E-state index in [9.17, 15) is 5.26 Å². The van der Waals surface area contributed by atoms with Gasteiger partial charge in [0.2, 0.25) is 0 Å². The van der Waals surface area contributed by atoms with Crippen LogP contribution in [0.25, 0.3) is 0 Å². The van der Waals surface area contributed by atoms with Crippen molar-refractivity contribution in [1.29, 1.82) is 5.26 Å². The Morgan fingerprint density at radius 3 is 2.56 bits per heavy atom. The molecule has 0 bridgehead atoms. The van der Waals surface area contributed by atoms with Gasteiger partial charge in [-0.15, -0.1) is 0 Å². The summed E-state index contributed by atoms with van der Waals surface area (Å²) in [6, 6.07) is 7.97. The standard InChI is InChI=1S/C14H20ClN3/c1-5-18(11(2)10-17(3)4)14-8-13(15)7-6-12(14)9-16/h6-8,11H,5,10H2,1-4H3. The highest BCUT2D eigenvalue weighted by Crippen LogP contribution is 2.26. The third-order valence-electron chi connectivity index (χ3n) is 2.89. The van der Waals surface area contributed by atoms with Crippen LogP contribution in [0.4, 0.5) is 5.69 Å². The molecule has 0 spiro atoms. The van der Waals surface area contributed by atoms with E-state index in [1.165, 1.54) is 0 Å². The number of anilines is 1. The Morgan fingerprint density at radius 1 is 1.39 bits per heavy atom. The molecule has 0 N–H and O–H groups in total. The number of likely N-dealkylation sites (N-methyl/N-ethyl adjacent to an activating group) is 2. The zero-order valence-corrected chi connectivity index (χ0v) is 12.2. The minimum Gasteiger partial charge on any atom is -0.367 e. The van der Waals surface area contributed by atoms with Crippen LogP contribution >= 0.6 is 11.6 Å². The van der Waals surface area contributed by atoms with E-state index >= 15 is 0 Å². The van der Waals surface area contributed by atoms with Gasteiger partial charge in [-0.3, -0.25) is 0 Å². The van der Waals surface area contributed by atoms with Crippen molar-refractivity contribution < 1.29 is 0 Å². The van der Waals surface area contributed by atoms with Crippen LogP contribution in [-0.4, -0.2) is 38.1 Å². The number of hydrogen-bond donors (Lipinski definition) is 0. The lowest BCUT2D eigenvalue weighted by Gasteiger charge is -2.32. The SMILES string of the molecule is CCN(c1cc(Cl)ccc1C#N)C(C)CN(C)C. The van der Waals surface area contributed by atoms with Gasteiger partial charge in [-0.1, -0.05) is 11.6 Å². The minimum atomic E-state index is 0.329. The number of rotatable bonds is 5. The van der Waals surface area contributed by atoms with E-state index in [1.54, 1.807) is 12.1 Å². The summed E-state index contributed by atoms with van der Waals surface area (Å²) in [7, 11) is 4.10. The number of benzene rings is 1. The third-order valence-corrected chi connectivity index (χ3v) is 3.13. The Balaban J connectivity index is 3.08. The lowest BCUT2D eigenvalue weighted by Crippen LogP contribution is -2.40. The Labute approximate surface area is 115 Å². The molecule has 98 valence electrons. The average Bonchev–Trinajstić information content (AvgIpc) is 2.29. The highest BCUT2D eigenvalue weighted by atomic mass is 35.5. The molecule has 0 aliphatic rings. The molecule has 0 heterocycles. The molecule has 1 unspecified atom stereocenters. The van der Waals surface area contributed by atoms with Crippen LogP contribution in [0.1, 0.15) is 19.4 Å². The van der Waals surface area contributed by atoms with Crippen molar-refractivity contribution in [2.45, 2.75) is 19.9 Å². The lowest BCUT2D eigenvalue weighted by atomic mass is 10.1. The quantitative estimate of drug-likeness (QED) is 0.820. The maximum Gasteiger partial charge on any atom is 0.101 e. The first-order valence-electron chi connectivity index (χ1n) is 6.10. The molecule has 0 fully saturated rings. The van der Waals surface area contributed by atoms with Gasteiger partial charge in [0.15, 0.2) is 0 Å². The van der Waals surface area contributed by atoms with Crippen LogP contribution in [0.2, 0.25) is 5.02 Å². The number of halogens is 1. The molecule has 0 saturated carbocycles. The van der Waals surface area contributed by atoms with Crippen molar-refractivity contribution in [3.05, 3.63) is 28.8 Å². The second kappa shape index (κ2) is 6.63. The van der Waals surface area contributed by atoms with Gasteiger partial charge >= 0.3 is 0 Å². The van der Waals surface area contributed by atoms with Crippen molar-refractivity contribution in [1.82, 2.24) is 4.90 Å². The Hall–Kier alpha value is -1.24. The summed E-state index contributed by atoms with van der Waals surface area (Å²) in [5.41, 5.74) is 1.59. The molecule has 1 atom stereocenters. The monoisotopic (exact) mass is 265 g/mol. The number of nitrogens with zero attached hydrogens (tertiary/aromatic N) is 3. The first-order valence-corrected chi connectivity index (χ1v) is 6.48. The molecule has 1 aromatic carbocycles. The molecular weight excluding hydrogens is 246 g/mol. The Bertz CT molecular complexity index is 437. The summed E-state index contributed by atoms with van der Waals surface area (Å²) >= 11 is 6.04. The topological polar surface area (TPSA) is 30.3 Å². The van der Waals surface area contributed by atoms with Crippen LogP contribution in [0.3, 0.4) is 0 Å². The third kappa shape index (κ3) is 3.63. The van der Waals surface area contributed by atoms with Crippen molar-refractivity contribution in [3.63, 3.8) is 0 Å². The first-order chi connectivity index (χ1) is 8.49. The molecule has 0 radical (unpaired) electrons. The van der Waals surface area contributed by atoms with Gasteiger partial charge in [0.05, 0.1) is 11.3 Å². The fraction of sp³-hybridized carbons (Fsp3) is 0.500. The normalized spacial score (nSPS) is 12.3. The van der Waals surface area contributed by atoms with E-state index in [0.29, 0.717) is 16.6 Å². The van der Waals surface area contributed by atoms with Crippen molar-refractivity contribution in [2.75, 3.05) is 32.1 Å². The predicted molar refractivity (Wildman–Crippen MR) is 77.2 cm³/mol. The van der Waals surface area contributed by atoms with Crippen LogP contribution in [-0.2, 0) is 0 Å². The summed E-state index contributed by atoms with van der Waals surface area (Å²) in [6.07, 6.45) is 0. The molecule has 0 aliphatic carbocycles. The maximum absolute atomic E-state index is 9.19. The van der Waals surface area contributed by atoms with E-state index in [0.717, 1.165) is 18.8 Å². The lowest BCUT2D eigenvalue weighted by molar-refractivity contribution is 0.373. The fourth-order valence-electron chi connectivity index (χ4n) is 2.18. The highest BCUT2D eigenvalue weighted by molar-refractivity contribution is 6.30. The smallest absolute Gasteiger partial charge is 0.101 e. The van der Waals surface area contributed by atoms with Gasteiger partial charge in [0.1, 0.15) is 6.07 Å². The van der Waals surface area contributed by atoms with E-state index in [4.69, 9.17) is 11.6 Å². The van der Waals surface area contributed by atoms with E-state index in [2.05, 4.69) is 29.7 Å². The van der Waals surface area contributed by atoms with Crippen LogP contribution in [0.5, 0.6) is 0 Å². The van der Waals surface area contributed by atoms with Gasteiger partial charge in [-0.25, -0.2) is 0 Å². The zero-order valence-electron chi connectivity index (χ0n) is 11.4. The molecule has 18 heavy (non-hydrogen) atoms. The summed E-state index contributed by atoms with van der Waals surface area (Å²) in [4.78, 5) is 4.36. The molecule has 0 aliphatic heterocycles. The van der Waals surface area contributed by atoms with Crippen LogP contribution < -0.4 is 4.90 Å². The molecule has 1 aromatic rings. The van der Waals surface area contributed by atoms with Crippen molar-refractivity contribution in [3.8, 4) is 6.07 Å². The molecule has 0 saturated heterocycles. The van der Waals surface area contributed by atoms with Gasteiger partial charge in [-0.2, -0.15) is 5.26 Å². The van der Waals surface area contributed by atoms with Crippen LogP contribution in [0, 0.1) is 11.3 Å². The summed E-state index contributed by atoms with van der Waals surface area (Å²) in [5, 5.41) is 9.85. The van der Waals surface area contributed by atoms with Gasteiger partial charge in [-0.05, 0) is 46.1 Å². The molecule has 0 aromatic heterocycles. The summed E-state index contributed by atoms with van der Waals surface area (Å²) in [6.45, 7) is 6.04. The fourth-order valence-corrected chi connectivity index (χ4v) is 2.35. The maximum atomic E-state index is 9.19. The molecular formula is C14H20ClN3. The molecule has 3 nitrogen and oxygen atoms in total. The summed E-state index contributed by atoms with van der Waals surface area (Å²) in [5.74, 6) is 0.